The molecule has 0 radical (unpaired) electrons. The van der Waals surface area contributed by atoms with Gasteiger partial charge in [-0.2, -0.15) is 0 Å². The van der Waals surface area contributed by atoms with E-state index in [0.29, 0.717) is 0 Å². The summed E-state index contributed by atoms with van der Waals surface area (Å²) in [6, 6.07) is 0. The minimum atomic E-state index is -0.534. The molecule has 2 atom stereocenters. The zero-order chi connectivity index (χ0) is 9.78. The van der Waals surface area contributed by atoms with Gasteiger partial charge in [-0.3, -0.25) is 4.39 Å². The van der Waals surface area contributed by atoms with Crippen LogP contribution in [0.5, 0.6) is 0 Å². The van der Waals surface area contributed by atoms with Crippen LogP contribution in [-0.4, -0.2) is 30.1 Å². The molecule has 74 valence electrons. The van der Waals surface area contributed by atoms with E-state index in [4.69, 9.17) is 9.84 Å². The van der Waals surface area contributed by atoms with Crippen molar-refractivity contribution in [2.24, 2.45) is 5.92 Å². The van der Waals surface area contributed by atoms with Crippen molar-refractivity contribution in [1.29, 1.82) is 0 Å². The van der Waals surface area contributed by atoms with Crippen molar-refractivity contribution in [3.8, 4) is 0 Å². The molecule has 1 N–H and O–H groups in total. The molecule has 0 aliphatic rings. The first-order valence-corrected chi connectivity index (χ1v) is 4.25. The molecule has 0 aromatic heterocycles. The molecule has 0 fully saturated rings. The third-order valence-electron chi connectivity index (χ3n) is 1.64. The van der Waals surface area contributed by atoms with Crippen LogP contribution in [0.3, 0.4) is 0 Å². The summed E-state index contributed by atoms with van der Waals surface area (Å²) in [5, 5.41) is 8.77. The molecule has 0 aliphatic carbocycles. The van der Waals surface area contributed by atoms with E-state index < -0.39 is 12.6 Å². The molecule has 12 heavy (non-hydrogen) atoms. The molecule has 2 unspecified atom stereocenters. The van der Waals surface area contributed by atoms with Gasteiger partial charge in [-0.1, -0.05) is 0 Å². The van der Waals surface area contributed by atoms with Crippen LogP contribution >= 0.6 is 0 Å². The highest BCUT2D eigenvalue weighted by Gasteiger charge is 2.22. The second kappa shape index (κ2) is 4.77. The molecule has 0 aromatic rings. The number of hydrogen-bond acceptors (Lipinski definition) is 2. The third kappa shape index (κ3) is 4.67. The Kier molecular flexibility index (Phi) is 4.71. The molecule has 3 heteroatoms. The highest BCUT2D eigenvalue weighted by atomic mass is 18.2. The molecule has 2 nitrogen and oxygen atoms in total. The van der Waals surface area contributed by atoms with Crippen molar-refractivity contribution in [2.45, 2.75) is 39.4 Å². The van der Waals surface area contributed by atoms with Crippen molar-refractivity contribution in [1.82, 2.24) is 0 Å². The van der Waals surface area contributed by atoms with E-state index >= 15 is 0 Å². The molecule has 0 aliphatic heterocycles. The van der Waals surface area contributed by atoms with Gasteiger partial charge in [-0.15, -0.1) is 0 Å². The van der Waals surface area contributed by atoms with Crippen LogP contribution < -0.4 is 0 Å². The molecule has 0 saturated heterocycles. The lowest BCUT2D eigenvalue weighted by Crippen LogP contribution is -2.33. The Morgan fingerprint density at radius 3 is 2.17 bits per heavy atom. The zero-order valence-electron chi connectivity index (χ0n) is 8.30. The van der Waals surface area contributed by atoms with E-state index in [1.807, 2.05) is 20.8 Å². The average molecular weight is 177 g/mol. The highest BCUT2D eigenvalue weighted by molar-refractivity contribution is 4.69. The maximum atomic E-state index is 12.2. The summed E-state index contributed by atoms with van der Waals surface area (Å²) in [6.07, 6.45) is -0.236. The van der Waals surface area contributed by atoms with Gasteiger partial charge in [-0.05, 0) is 27.7 Å². The Labute approximate surface area is 73.7 Å². The molecule has 0 heterocycles. The van der Waals surface area contributed by atoms with Crippen molar-refractivity contribution in [2.75, 3.05) is 13.3 Å². The second-order valence-electron chi connectivity index (χ2n) is 4.03. The maximum absolute atomic E-state index is 12.2. The summed E-state index contributed by atoms with van der Waals surface area (Å²) in [4.78, 5) is 0. The quantitative estimate of drug-likeness (QED) is 0.709. The number of aliphatic hydroxyl groups is 1. The van der Waals surface area contributed by atoms with Gasteiger partial charge in [0.05, 0.1) is 25.0 Å². The number of alkyl halides is 1. The molecule has 0 saturated carbocycles. The summed E-state index contributed by atoms with van der Waals surface area (Å²) in [7, 11) is 0. The fraction of sp³-hybridized carbons (Fsp3) is 1.00. The molecular weight excluding hydrogens is 158 g/mol. The number of rotatable bonds is 4. The van der Waals surface area contributed by atoms with E-state index in [9.17, 15) is 4.39 Å². The van der Waals surface area contributed by atoms with Gasteiger partial charge in [0, 0.05) is 5.92 Å². The first-order chi connectivity index (χ1) is 5.40. The van der Waals surface area contributed by atoms with Crippen molar-refractivity contribution >= 4 is 0 Å². The van der Waals surface area contributed by atoms with Crippen LogP contribution in [0.1, 0.15) is 27.7 Å². The normalized spacial score (nSPS) is 17.5. The van der Waals surface area contributed by atoms with Crippen molar-refractivity contribution in [3.05, 3.63) is 0 Å². The SMILES string of the molecule is CC(OC(C)(C)C)C(CO)C[18F]. The predicted octanol–water partition coefficient (Wildman–Crippen LogP) is 1.77. The van der Waals surface area contributed by atoms with Gasteiger partial charge in [0.2, 0.25) is 0 Å². The molecule has 0 rings (SSSR count). The minimum absolute atomic E-state index is 0.159. The minimum Gasteiger partial charge on any atom is -0.396 e. The monoisotopic (exact) mass is 177 g/mol. The summed E-state index contributed by atoms with van der Waals surface area (Å²) in [6.45, 7) is 6.83. The Bertz CT molecular complexity index is 116. The van der Waals surface area contributed by atoms with E-state index in [2.05, 4.69) is 0 Å². The van der Waals surface area contributed by atoms with Crippen LogP contribution in [0, 0.1) is 5.92 Å². The van der Waals surface area contributed by atoms with Gasteiger partial charge < -0.3 is 9.84 Å². The summed E-state index contributed by atoms with van der Waals surface area (Å²) in [5.74, 6) is -0.399. The highest BCUT2D eigenvalue weighted by Crippen LogP contribution is 2.16. The van der Waals surface area contributed by atoms with Crippen LogP contribution in [0.4, 0.5) is 4.39 Å². The first-order valence-electron chi connectivity index (χ1n) is 4.25. The Hall–Kier alpha value is -0.150. The van der Waals surface area contributed by atoms with Crippen LogP contribution in [0.2, 0.25) is 0 Å². The van der Waals surface area contributed by atoms with E-state index in [1.54, 1.807) is 6.92 Å². The van der Waals surface area contributed by atoms with Crippen LogP contribution in [-0.2, 0) is 4.74 Å². The average Bonchev–Trinajstić information content (AvgIpc) is 1.85. The van der Waals surface area contributed by atoms with Gasteiger partial charge in [0.25, 0.3) is 0 Å². The largest absolute Gasteiger partial charge is 0.396 e. The number of hydrogen-bond donors (Lipinski definition) is 1. The Balaban J connectivity index is 3.92. The van der Waals surface area contributed by atoms with E-state index in [1.165, 1.54) is 0 Å². The molecule has 0 aromatic carbocycles. The molecule has 0 spiro atoms. The Morgan fingerprint density at radius 2 is 1.92 bits per heavy atom. The number of ether oxygens (including phenoxy) is 1. The molecule has 0 bridgehead atoms. The fourth-order valence-electron chi connectivity index (χ4n) is 0.977. The van der Waals surface area contributed by atoms with Gasteiger partial charge in [-0.25, -0.2) is 0 Å². The topological polar surface area (TPSA) is 29.5 Å². The number of halogens is 1. The van der Waals surface area contributed by atoms with E-state index in [0.717, 1.165) is 0 Å². The van der Waals surface area contributed by atoms with Crippen molar-refractivity contribution < 1.29 is 14.2 Å². The zero-order valence-corrected chi connectivity index (χ0v) is 8.30. The van der Waals surface area contributed by atoms with Crippen LogP contribution in [0.15, 0.2) is 0 Å². The third-order valence-corrected chi connectivity index (χ3v) is 1.64. The first kappa shape index (κ1) is 11.8. The van der Waals surface area contributed by atoms with Gasteiger partial charge in [0.15, 0.2) is 0 Å². The van der Waals surface area contributed by atoms with Gasteiger partial charge in [0.1, 0.15) is 0 Å². The van der Waals surface area contributed by atoms with Crippen molar-refractivity contribution in [3.63, 3.8) is 0 Å². The molecular formula is C9H19FO2. The summed E-state index contributed by atoms with van der Waals surface area (Å²) < 4.78 is 17.7. The lowest BCUT2D eigenvalue weighted by Gasteiger charge is -2.28. The van der Waals surface area contributed by atoms with Crippen LogP contribution in [0.25, 0.3) is 0 Å². The van der Waals surface area contributed by atoms with Gasteiger partial charge >= 0.3 is 0 Å². The standard InChI is InChI=1S/C9H19FO2/c1-7(8(5-10)6-11)12-9(2,3)4/h7-8,11H,5-6H2,1-4H3/i10-1. The maximum Gasteiger partial charge on any atom is 0.0969 e. The fourth-order valence-corrected chi connectivity index (χ4v) is 0.977. The second-order valence-corrected chi connectivity index (χ2v) is 4.03. The number of aliphatic hydroxyl groups excluding tert-OH is 1. The van der Waals surface area contributed by atoms with E-state index in [-0.39, 0.29) is 18.3 Å². The summed E-state index contributed by atoms with van der Waals surface area (Å²) >= 11 is 0. The lowest BCUT2D eigenvalue weighted by molar-refractivity contribution is -0.0877. The lowest BCUT2D eigenvalue weighted by atomic mass is 10.1. The molecule has 0 amide bonds. The predicted molar refractivity (Wildman–Crippen MR) is 46.9 cm³/mol. The summed E-state index contributed by atoms with van der Waals surface area (Å²) in [5.41, 5.74) is -0.276. The Morgan fingerprint density at radius 1 is 1.42 bits per heavy atom. The smallest absolute Gasteiger partial charge is 0.0969 e.